The second-order valence-corrected chi connectivity index (χ2v) is 21.4. The molecule has 6 aromatic rings. The molecule has 400 valence electrons. The topological polar surface area (TPSA) is 242 Å². The monoisotopic (exact) mass is 1050 g/mol. The van der Waals surface area contributed by atoms with Crippen LogP contribution < -0.4 is 30.5 Å². The number of thiazole rings is 1. The molecular weight excluding hydrogens is 989 g/mol. The van der Waals surface area contributed by atoms with Gasteiger partial charge in [0.25, 0.3) is 0 Å². The molecule has 4 atom stereocenters. The molecule has 20 nitrogen and oxygen atoms in total. The van der Waals surface area contributed by atoms with Gasteiger partial charge < -0.3 is 59.8 Å². The van der Waals surface area contributed by atoms with E-state index in [1.54, 1.807) is 46.7 Å². The molecule has 4 aromatic heterocycles. The summed E-state index contributed by atoms with van der Waals surface area (Å²) in [6.45, 7) is 12.8. The van der Waals surface area contributed by atoms with Crippen molar-refractivity contribution < 1.29 is 38.6 Å². The van der Waals surface area contributed by atoms with E-state index >= 15 is 0 Å². The smallest absolute Gasteiger partial charge is 0.410 e. The average Bonchev–Trinajstić information content (AvgIpc) is 4.20. The fourth-order valence-electron chi connectivity index (χ4n) is 10.8. The van der Waals surface area contributed by atoms with Crippen LogP contribution in [0.15, 0.2) is 89.0 Å². The average molecular weight is 1060 g/mol. The van der Waals surface area contributed by atoms with Crippen molar-refractivity contribution in [2.75, 3.05) is 79.3 Å². The van der Waals surface area contributed by atoms with Crippen molar-refractivity contribution in [3.8, 4) is 33.3 Å². The minimum absolute atomic E-state index is 0.0407. The van der Waals surface area contributed by atoms with Gasteiger partial charge in [0.1, 0.15) is 29.9 Å². The number of hydrogen-bond acceptors (Lipinski definition) is 18. The first-order valence-corrected chi connectivity index (χ1v) is 27.1. The number of benzene rings is 2. The van der Waals surface area contributed by atoms with Gasteiger partial charge in [0.2, 0.25) is 17.7 Å². The normalized spacial score (nSPS) is 19.5. The SMILES string of the molecule is Cc1ncsc1-c1ccc([C@H](C)NC(=O)[C@@H]2C[C@@H](O)CN2C(=O)C(c2cc(N3CCC(OC(=O)N4CCC(Oc5cc(N6CCN(c7cc(-c8ccccc8O)nnc7N)CC6)ccn5)CC4)CC3)no2)C(C)C)cc1. The number of piperidine rings is 2. The Morgan fingerprint density at radius 2 is 1.57 bits per heavy atom. The number of nitrogens with zero attached hydrogens (tertiary/aromatic N) is 10. The highest BCUT2D eigenvalue weighted by Crippen LogP contribution is 2.36. The summed E-state index contributed by atoms with van der Waals surface area (Å²) in [5.74, 6) is 0.467. The zero-order valence-corrected chi connectivity index (χ0v) is 44.1. The number of aromatic nitrogens is 5. The molecular formula is C55H66N12O8S. The van der Waals surface area contributed by atoms with E-state index in [0.29, 0.717) is 99.5 Å². The minimum atomic E-state index is -0.844. The highest BCUT2D eigenvalue weighted by atomic mass is 32.1. The van der Waals surface area contributed by atoms with Gasteiger partial charge in [-0.05, 0) is 55.2 Å². The van der Waals surface area contributed by atoms with E-state index in [4.69, 9.17) is 19.7 Å². The van der Waals surface area contributed by atoms with E-state index in [1.165, 1.54) is 4.90 Å². The number of aryl methyl sites for hydroxylation is 1. The van der Waals surface area contributed by atoms with Gasteiger partial charge in [-0.3, -0.25) is 9.59 Å². The number of aliphatic hydroxyl groups is 1. The summed E-state index contributed by atoms with van der Waals surface area (Å²) >= 11 is 1.58. The zero-order chi connectivity index (χ0) is 53.0. The van der Waals surface area contributed by atoms with Crippen LogP contribution in [-0.4, -0.2) is 146 Å². The molecule has 10 rings (SSSR count). The van der Waals surface area contributed by atoms with E-state index in [9.17, 15) is 24.6 Å². The largest absolute Gasteiger partial charge is 0.507 e. The highest BCUT2D eigenvalue weighted by Gasteiger charge is 2.44. The lowest BCUT2D eigenvalue weighted by Gasteiger charge is -2.37. The van der Waals surface area contributed by atoms with Crippen LogP contribution in [0.25, 0.3) is 21.7 Å². The molecule has 4 fully saturated rings. The van der Waals surface area contributed by atoms with E-state index in [1.807, 2.05) is 81.7 Å². The van der Waals surface area contributed by atoms with Crippen LogP contribution in [-0.2, 0) is 14.3 Å². The number of pyridine rings is 1. The molecule has 76 heavy (non-hydrogen) atoms. The molecule has 0 saturated carbocycles. The number of carbonyl (C=O) groups excluding carboxylic acids is 3. The van der Waals surface area contributed by atoms with Crippen LogP contribution in [0.5, 0.6) is 11.6 Å². The first kappa shape index (κ1) is 51.9. The van der Waals surface area contributed by atoms with Gasteiger partial charge in [-0.15, -0.1) is 21.5 Å². The second kappa shape index (κ2) is 22.8. The fourth-order valence-corrected chi connectivity index (χ4v) is 11.6. The summed E-state index contributed by atoms with van der Waals surface area (Å²) in [4.78, 5) is 61.3. The van der Waals surface area contributed by atoms with Gasteiger partial charge >= 0.3 is 6.09 Å². The van der Waals surface area contributed by atoms with Gasteiger partial charge in [-0.1, -0.05) is 55.4 Å². The lowest BCUT2D eigenvalue weighted by Crippen LogP contribution is -2.48. The summed E-state index contributed by atoms with van der Waals surface area (Å²) in [6, 6.07) is 21.5. The lowest BCUT2D eigenvalue weighted by atomic mass is 9.91. The number of likely N-dealkylation sites (tertiary alicyclic amines) is 2. The molecule has 21 heteroatoms. The van der Waals surface area contributed by atoms with Crippen molar-refractivity contribution in [3.05, 3.63) is 102 Å². The van der Waals surface area contributed by atoms with Crippen molar-refractivity contribution in [1.82, 2.24) is 40.4 Å². The number of amides is 3. The number of aliphatic hydroxyl groups excluding tert-OH is 1. The predicted molar refractivity (Wildman–Crippen MR) is 288 cm³/mol. The Morgan fingerprint density at radius 3 is 2.28 bits per heavy atom. The highest BCUT2D eigenvalue weighted by molar-refractivity contribution is 7.13. The number of rotatable bonds is 14. The predicted octanol–water partition coefficient (Wildman–Crippen LogP) is 6.80. The third-order valence-electron chi connectivity index (χ3n) is 15.1. The number of β-amino-alcohol motifs (C(OH)–C–C–N with tert-alkyl or cyclic N) is 1. The van der Waals surface area contributed by atoms with E-state index < -0.39 is 18.1 Å². The summed E-state index contributed by atoms with van der Waals surface area (Å²) in [7, 11) is 0. The molecule has 8 heterocycles. The van der Waals surface area contributed by atoms with Gasteiger partial charge in [0, 0.05) is 121 Å². The van der Waals surface area contributed by atoms with Crippen LogP contribution in [0.2, 0.25) is 0 Å². The Bertz CT molecular complexity index is 2980. The van der Waals surface area contributed by atoms with Crippen LogP contribution in [0.4, 0.5) is 27.8 Å². The number of ether oxygens (including phenoxy) is 2. The molecule has 0 bridgehead atoms. The Balaban J connectivity index is 0.664. The van der Waals surface area contributed by atoms with Crippen LogP contribution >= 0.6 is 11.3 Å². The van der Waals surface area contributed by atoms with Crippen molar-refractivity contribution in [2.24, 2.45) is 5.92 Å². The van der Waals surface area contributed by atoms with E-state index in [0.717, 1.165) is 46.2 Å². The zero-order valence-electron chi connectivity index (χ0n) is 43.3. The molecule has 4 saturated heterocycles. The molecule has 4 aliphatic rings. The number of nitrogens with one attached hydrogen (secondary N) is 1. The number of hydrogen-bond donors (Lipinski definition) is 4. The van der Waals surface area contributed by atoms with Crippen molar-refractivity contribution in [1.29, 1.82) is 0 Å². The Morgan fingerprint density at radius 1 is 0.842 bits per heavy atom. The van der Waals surface area contributed by atoms with Crippen molar-refractivity contribution in [2.45, 2.75) is 96.1 Å². The summed E-state index contributed by atoms with van der Waals surface area (Å²) < 4.78 is 18.3. The van der Waals surface area contributed by atoms with Crippen molar-refractivity contribution >= 4 is 52.3 Å². The maximum atomic E-state index is 14.4. The van der Waals surface area contributed by atoms with Crippen LogP contribution in [0.1, 0.15) is 81.9 Å². The number of phenols is 1. The summed E-state index contributed by atoms with van der Waals surface area (Å²) in [5, 5.41) is 37.0. The molecule has 3 amide bonds. The standard InChI is InChI=1S/C55H66N12O8S/c1-33(2)50(54(71)67-31-39(68)28-45(67)53(70)59-34(3)36-9-11-37(12-10-36)51-35(4)58-32-76-51)47-30-48(62-75-47)65-19-14-41(15-20-65)74-55(72)66-21-16-40(17-22-66)73-49-27-38(13-18-57-49)63-23-25-64(26-24-63)44-29-43(60-61-52(44)56)42-7-5-6-8-46(42)69/h5-13,18,27,29-30,32-34,39-41,45,50,68-69H,14-17,19-26,28,31H2,1-4H3,(H2,56,61)(H,59,70)/t34-,39+,45-,50?/m0/s1. The first-order chi connectivity index (χ1) is 36.8. The van der Waals surface area contributed by atoms with E-state index in [2.05, 4.69) is 45.3 Å². The fraction of sp³-hybridized carbons (Fsp3) is 0.455. The molecule has 0 aliphatic carbocycles. The number of nitrogens with two attached hydrogens (primary N) is 1. The number of anilines is 4. The maximum absolute atomic E-state index is 14.4. The number of phenolic OH excluding ortho intramolecular Hbond substituents is 1. The summed E-state index contributed by atoms with van der Waals surface area (Å²) in [6.07, 6.45) is 2.85. The molecule has 2 aromatic carbocycles. The first-order valence-electron chi connectivity index (χ1n) is 26.3. The van der Waals surface area contributed by atoms with Gasteiger partial charge in [-0.2, -0.15) is 0 Å². The third-order valence-corrected chi connectivity index (χ3v) is 16.1. The van der Waals surface area contributed by atoms with Crippen LogP contribution in [0.3, 0.4) is 0 Å². The molecule has 1 unspecified atom stereocenters. The second-order valence-electron chi connectivity index (χ2n) is 20.5. The Hall–Kier alpha value is -7.52. The van der Waals surface area contributed by atoms with Gasteiger partial charge in [-0.25, -0.2) is 14.8 Å². The van der Waals surface area contributed by atoms with Crippen molar-refractivity contribution in [3.63, 3.8) is 0 Å². The lowest BCUT2D eigenvalue weighted by molar-refractivity contribution is -0.141. The molecule has 0 radical (unpaired) electrons. The minimum Gasteiger partial charge on any atom is -0.507 e. The number of para-hydroxylation sites is 1. The molecule has 0 spiro atoms. The maximum Gasteiger partial charge on any atom is 0.410 e. The summed E-state index contributed by atoms with van der Waals surface area (Å²) in [5.41, 5.74) is 14.0. The number of aromatic hydroxyl groups is 1. The third kappa shape index (κ3) is 11.5. The van der Waals surface area contributed by atoms with Gasteiger partial charge in [0.15, 0.2) is 17.4 Å². The quantitative estimate of drug-likeness (QED) is 0.0877. The molecule has 5 N–H and O–H groups in total. The van der Waals surface area contributed by atoms with Gasteiger partial charge in [0.05, 0.1) is 39.6 Å². The number of carbonyl (C=O) groups is 3. The van der Waals surface area contributed by atoms with Crippen LogP contribution in [0, 0.1) is 12.8 Å². The molecule has 4 aliphatic heterocycles. The number of nitrogen functional groups attached to an aromatic ring is 1. The Kier molecular flexibility index (Phi) is 15.6. The van der Waals surface area contributed by atoms with E-state index in [-0.39, 0.29) is 60.8 Å². The Labute approximate surface area is 445 Å². The number of piperazine rings is 1.